The molecular weight excluding hydrogens is 328 g/mol. The van der Waals surface area contributed by atoms with Gasteiger partial charge in [0.25, 0.3) is 5.91 Å². The first-order valence-corrected chi connectivity index (χ1v) is 9.11. The lowest BCUT2D eigenvalue weighted by Crippen LogP contribution is -2.32. The third-order valence-electron chi connectivity index (χ3n) is 5.09. The normalized spacial score (nSPS) is 14.9. The summed E-state index contributed by atoms with van der Waals surface area (Å²) in [7, 11) is 1.63. The summed E-state index contributed by atoms with van der Waals surface area (Å²) in [5.41, 5.74) is 3.91. The highest BCUT2D eigenvalue weighted by Crippen LogP contribution is 2.28. The van der Waals surface area contributed by atoms with Gasteiger partial charge in [-0.3, -0.25) is 9.59 Å². The summed E-state index contributed by atoms with van der Waals surface area (Å²) in [6.45, 7) is 6.00. The molecule has 0 fully saturated rings. The van der Waals surface area contributed by atoms with Gasteiger partial charge in [0.1, 0.15) is 11.4 Å². The van der Waals surface area contributed by atoms with Gasteiger partial charge in [0.2, 0.25) is 0 Å². The molecule has 0 aliphatic heterocycles. The number of ketones is 1. The fraction of sp³-hybridized carbons (Fsp3) is 0.429. The highest BCUT2D eigenvalue weighted by atomic mass is 16.5. The van der Waals surface area contributed by atoms with E-state index in [1.807, 2.05) is 31.2 Å². The van der Waals surface area contributed by atoms with Gasteiger partial charge in [-0.1, -0.05) is 26.0 Å². The van der Waals surface area contributed by atoms with Gasteiger partial charge in [-0.25, -0.2) is 0 Å². The third-order valence-corrected chi connectivity index (χ3v) is 5.09. The minimum Gasteiger partial charge on any atom is -0.497 e. The molecule has 1 aliphatic carbocycles. The van der Waals surface area contributed by atoms with E-state index >= 15 is 0 Å². The van der Waals surface area contributed by atoms with Crippen molar-refractivity contribution in [2.24, 2.45) is 5.92 Å². The number of H-pyrrole nitrogens is 1. The van der Waals surface area contributed by atoms with Crippen molar-refractivity contribution in [2.45, 2.75) is 46.1 Å². The zero-order chi connectivity index (χ0) is 18.8. The number of rotatable bonds is 5. The SMILES string of the molecule is COc1ccc(C(NC(=O)c2[nH]c3c(c2C)C(=O)CCC3)C(C)C)cc1. The Balaban J connectivity index is 1.86. The maximum Gasteiger partial charge on any atom is 0.268 e. The van der Waals surface area contributed by atoms with Crippen LogP contribution in [0.2, 0.25) is 0 Å². The molecule has 0 saturated heterocycles. The zero-order valence-electron chi connectivity index (χ0n) is 15.8. The quantitative estimate of drug-likeness (QED) is 0.853. The largest absolute Gasteiger partial charge is 0.497 e. The number of methoxy groups -OCH3 is 1. The lowest BCUT2D eigenvalue weighted by atomic mass is 9.93. The van der Waals surface area contributed by atoms with E-state index in [4.69, 9.17) is 4.74 Å². The van der Waals surface area contributed by atoms with Gasteiger partial charge in [-0.05, 0) is 48.9 Å². The monoisotopic (exact) mass is 354 g/mol. The van der Waals surface area contributed by atoms with Gasteiger partial charge in [-0.2, -0.15) is 0 Å². The summed E-state index contributed by atoms with van der Waals surface area (Å²) in [5, 5.41) is 3.13. The van der Waals surface area contributed by atoms with Crippen molar-refractivity contribution in [2.75, 3.05) is 7.11 Å². The molecule has 0 bridgehead atoms. The average Bonchev–Trinajstić information content (AvgIpc) is 2.97. The summed E-state index contributed by atoms with van der Waals surface area (Å²) >= 11 is 0. The fourth-order valence-electron chi connectivity index (χ4n) is 3.66. The van der Waals surface area contributed by atoms with Crippen LogP contribution in [-0.4, -0.2) is 23.8 Å². The van der Waals surface area contributed by atoms with Crippen molar-refractivity contribution >= 4 is 11.7 Å². The molecule has 138 valence electrons. The van der Waals surface area contributed by atoms with Gasteiger partial charge in [0.05, 0.1) is 13.2 Å². The Labute approximate surface area is 154 Å². The molecule has 1 unspecified atom stereocenters. The zero-order valence-corrected chi connectivity index (χ0v) is 15.8. The van der Waals surface area contributed by atoms with Crippen LogP contribution in [-0.2, 0) is 6.42 Å². The van der Waals surface area contributed by atoms with Gasteiger partial charge < -0.3 is 15.0 Å². The molecule has 1 aromatic carbocycles. The van der Waals surface area contributed by atoms with E-state index in [0.29, 0.717) is 17.7 Å². The first-order valence-electron chi connectivity index (χ1n) is 9.11. The second-order valence-electron chi connectivity index (χ2n) is 7.22. The number of ether oxygens (including phenoxy) is 1. The Morgan fingerprint density at radius 1 is 1.19 bits per heavy atom. The molecule has 2 aromatic rings. The summed E-state index contributed by atoms with van der Waals surface area (Å²) < 4.78 is 5.21. The average molecular weight is 354 g/mol. The summed E-state index contributed by atoms with van der Waals surface area (Å²) in [4.78, 5) is 28.3. The van der Waals surface area contributed by atoms with Gasteiger partial charge >= 0.3 is 0 Å². The second kappa shape index (κ2) is 7.36. The van der Waals surface area contributed by atoms with Gasteiger partial charge in [0.15, 0.2) is 5.78 Å². The van der Waals surface area contributed by atoms with Crippen molar-refractivity contribution in [1.29, 1.82) is 0 Å². The van der Waals surface area contributed by atoms with Crippen LogP contribution in [0, 0.1) is 12.8 Å². The Morgan fingerprint density at radius 2 is 1.88 bits per heavy atom. The molecule has 0 radical (unpaired) electrons. The van der Waals surface area contributed by atoms with Gasteiger partial charge in [-0.15, -0.1) is 0 Å². The highest BCUT2D eigenvalue weighted by molar-refractivity contribution is 6.04. The number of aromatic amines is 1. The van der Waals surface area contributed by atoms with E-state index in [9.17, 15) is 9.59 Å². The third kappa shape index (κ3) is 3.39. The van der Waals surface area contributed by atoms with Gasteiger partial charge in [0, 0.05) is 17.7 Å². The number of nitrogens with one attached hydrogen (secondary N) is 2. The molecule has 5 nitrogen and oxygen atoms in total. The minimum atomic E-state index is -0.167. The fourth-order valence-corrected chi connectivity index (χ4v) is 3.66. The predicted octanol–water partition coefficient (Wildman–Crippen LogP) is 3.98. The first kappa shape index (κ1) is 18.2. The number of fused-ring (bicyclic) bond motifs is 1. The number of aromatic nitrogens is 1. The van der Waals surface area contributed by atoms with Crippen LogP contribution in [0.1, 0.15) is 70.4 Å². The molecule has 3 rings (SSSR count). The van der Waals surface area contributed by atoms with E-state index in [-0.39, 0.29) is 23.7 Å². The number of carbonyl (C=O) groups excluding carboxylic acids is 2. The molecule has 0 spiro atoms. The standard InChI is InChI=1S/C21H26N2O3/c1-12(2)19(14-8-10-15(26-4)11-9-14)23-21(25)20-13(3)18-16(22-20)6-5-7-17(18)24/h8-12,19,22H,5-7H2,1-4H3,(H,23,25). The van der Waals surface area contributed by atoms with Crippen molar-refractivity contribution < 1.29 is 14.3 Å². The Morgan fingerprint density at radius 3 is 2.46 bits per heavy atom. The maximum absolute atomic E-state index is 12.9. The molecular formula is C21H26N2O3. The predicted molar refractivity (Wildman–Crippen MR) is 101 cm³/mol. The van der Waals surface area contributed by atoms with Crippen LogP contribution in [0.25, 0.3) is 0 Å². The smallest absolute Gasteiger partial charge is 0.268 e. The molecule has 1 atom stereocenters. The second-order valence-corrected chi connectivity index (χ2v) is 7.22. The van der Waals surface area contributed by atoms with E-state index in [0.717, 1.165) is 35.4 Å². The molecule has 1 aliphatic rings. The number of Topliss-reactive ketones (excluding diaryl/α,β-unsaturated/α-hetero) is 1. The Hall–Kier alpha value is -2.56. The molecule has 1 heterocycles. The highest BCUT2D eigenvalue weighted by Gasteiger charge is 2.28. The van der Waals surface area contributed by atoms with Crippen molar-refractivity contribution in [1.82, 2.24) is 10.3 Å². The van der Waals surface area contributed by atoms with E-state index in [1.165, 1.54) is 0 Å². The Bertz CT molecular complexity index is 819. The lowest BCUT2D eigenvalue weighted by molar-refractivity contribution is 0.0920. The molecule has 5 heteroatoms. The van der Waals surface area contributed by atoms with E-state index in [1.54, 1.807) is 7.11 Å². The first-order chi connectivity index (χ1) is 12.4. The number of amides is 1. The van der Waals surface area contributed by atoms with E-state index < -0.39 is 0 Å². The topological polar surface area (TPSA) is 71.2 Å². The molecule has 0 saturated carbocycles. The van der Waals surface area contributed by atoms with Crippen LogP contribution in [0.3, 0.4) is 0 Å². The van der Waals surface area contributed by atoms with Crippen molar-refractivity contribution in [3.63, 3.8) is 0 Å². The molecule has 1 amide bonds. The Kier molecular flexibility index (Phi) is 5.16. The van der Waals surface area contributed by atoms with Crippen molar-refractivity contribution in [3.8, 4) is 5.75 Å². The van der Waals surface area contributed by atoms with E-state index in [2.05, 4.69) is 24.1 Å². The van der Waals surface area contributed by atoms with Crippen LogP contribution >= 0.6 is 0 Å². The van der Waals surface area contributed by atoms with Crippen molar-refractivity contribution in [3.05, 3.63) is 52.3 Å². The number of hydrogen-bond acceptors (Lipinski definition) is 3. The van der Waals surface area contributed by atoms with Crippen LogP contribution < -0.4 is 10.1 Å². The number of hydrogen-bond donors (Lipinski definition) is 2. The lowest BCUT2D eigenvalue weighted by Gasteiger charge is -2.23. The minimum absolute atomic E-state index is 0.121. The number of aryl methyl sites for hydroxylation is 1. The van der Waals surface area contributed by atoms with Crippen LogP contribution in [0.4, 0.5) is 0 Å². The number of carbonyl (C=O) groups is 2. The maximum atomic E-state index is 12.9. The molecule has 26 heavy (non-hydrogen) atoms. The summed E-state index contributed by atoms with van der Waals surface area (Å²) in [6, 6.07) is 7.62. The van der Waals surface area contributed by atoms with Crippen LogP contribution in [0.15, 0.2) is 24.3 Å². The summed E-state index contributed by atoms with van der Waals surface area (Å²) in [6.07, 6.45) is 2.22. The molecule has 1 aromatic heterocycles. The summed E-state index contributed by atoms with van der Waals surface area (Å²) in [5.74, 6) is 0.974. The van der Waals surface area contributed by atoms with Crippen LogP contribution in [0.5, 0.6) is 5.75 Å². The number of benzene rings is 1. The molecule has 2 N–H and O–H groups in total.